The molecule has 0 unspecified atom stereocenters. The van der Waals surface area contributed by atoms with E-state index in [-0.39, 0.29) is 0 Å². The molecule has 1 fully saturated rings. The van der Waals surface area contributed by atoms with E-state index in [0.717, 1.165) is 0 Å². The third kappa shape index (κ3) is 2.16. The maximum Gasteiger partial charge on any atom is 0.212 e. The quantitative estimate of drug-likeness (QED) is 0.556. The van der Waals surface area contributed by atoms with Crippen LogP contribution in [-0.2, 0) is 13.5 Å². The minimum atomic E-state index is -1.13. The highest BCUT2D eigenvalue weighted by atomic mass is 28.3. The molecule has 4 rings (SSSR count). The Morgan fingerprint density at radius 1 is 1.00 bits per heavy atom. The van der Waals surface area contributed by atoms with Crippen molar-refractivity contribution in [2.75, 3.05) is 0 Å². The number of hydrogen-bond donors (Lipinski definition) is 0. The summed E-state index contributed by atoms with van der Waals surface area (Å²) in [5, 5.41) is 1.80. The molecule has 0 radical (unpaired) electrons. The first-order chi connectivity index (χ1) is 10.7. The van der Waals surface area contributed by atoms with Gasteiger partial charge in [-0.15, -0.1) is 0 Å². The summed E-state index contributed by atoms with van der Waals surface area (Å²) >= 11 is 0. The molecule has 1 saturated heterocycles. The molecule has 114 valence electrons. The molecule has 0 bridgehead atoms. The second-order valence-corrected chi connectivity index (χ2v) is 12.0. The predicted molar refractivity (Wildman–Crippen MR) is 95.2 cm³/mol. The monoisotopic (exact) mass is 308 g/mol. The zero-order valence-electron chi connectivity index (χ0n) is 13.9. The molecular formula is C20H26NSi+. The lowest BCUT2D eigenvalue weighted by Crippen LogP contribution is -2.53. The van der Waals surface area contributed by atoms with Gasteiger partial charge in [-0.3, -0.25) is 0 Å². The van der Waals surface area contributed by atoms with E-state index >= 15 is 0 Å². The molecule has 1 nitrogen and oxygen atoms in total. The molecule has 0 saturated carbocycles. The van der Waals surface area contributed by atoms with Crippen molar-refractivity contribution in [2.24, 2.45) is 7.05 Å². The molecule has 1 spiro atoms. The molecule has 0 aliphatic carbocycles. The number of fused-ring (bicyclic) bond motifs is 2. The Morgan fingerprint density at radius 2 is 1.73 bits per heavy atom. The number of nitrogens with zero attached hydrogens (tertiary/aromatic N) is 1. The lowest BCUT2D eigenvalue weighted by molar-refractivity contribution is -0.659. The lowest BCUT2D eigenvalue weighted by atomic mass is 10.0. The van der Waals surface area contributed by atoms with E-state index in [2.05, 4.69) is 55.1 Å². The summed E-state index contributed by atoms with van der Waals surface area (Å²) < 4.78 is 2.40. The van der Waals surface area contributed by atoms with Crippen LogP contribution in [0.1, 0.15) is 30.4 Å². The standard InChI is InChI=1S/C20H26NSi/c1-16-8-3-4-10-18(16)19-14-17-9-7-13-22(11-5-6-12-22)20(17)15-21(19)2/h3-4,8,10,14-15H,5-7,9,11-13H2,1-2H3/q+1. The summed E-state index contributed by atoms with van der Waals surface area (Å²) in [6.07, 6.45) is 8.21. The third-order valence-electron chi connectivity index (χ3n) is 6.01. The first-order valence-electron chi connectivity index (χ1n) is 8.79. The van der Waals surface area contributed by atoms with Crippen LogP contribution in [0.25, 0.3) is 11.3 Å². The van der Waals surface area contributed by atoms with E-state index in [1.165, 1.54) is 42.5 Å². The van der Waals surface area contributed by atoms with E-state index < -0.39 is 8.07 Å². The van der Waals surface area contributed by atoms with Crippen molar-refractivity contribution in [3.05, 3.63) is 47.7 Å². The topological polar surface area (TPSA) is 3.88 Å². The highest BCUT2D eigenvalue weighted by Crippen LogP contribution is 2.38. The zero-order valence-corrected chi connectivity index (χ0v) is 14.9. The maximum absolute atomic E-state index is 2.52. The molecule has 0 atom stereocenters. The largest absolute Gasteiger partial charge is 0.212 e. The second kappa shape index (κ2) is 5.34. The molecule has 0 N–H and O–H groups in total. The van der Waals surface area contributed by atoms with E-state index in [4.69, 9.17) is 0 Å². The van der Waals surface area contributed by atoms with Gasteiger partial charge in [0.1, 0.15) is 7.05 Å². The molecule has 3 heterocycles. The zero-order chi connectivity index (χ0) is 15.2. The van der Waals surface area contributed by atoms with Crippen LogP contribution in [0.15, 0.2) is 36.5 Å². The van der Waals surface area contributed by atoms with Gasteiger partial charge in [0.05, 0.1) is 8.07 Å². The van der Waals surface area contributed by atoms with Crippen molar-refractivity contribution in [3.8, 4) is 11.3 Å². The van der Waals surface area contributed by atoms with Gasteiger partial charge in [0.15, 0.2) is 6.20 Å². The van der Waals surface area contributed by atoms with Crippen LogP contribution < -0.4 is 9.75 Å². The number of aromatic nitrogens is 1. The Balaban J connectivity index is 1.86. The number of aryl methyl sites for hydroxylation is 3. The number of hydrogen-bond acceptors (Lipinski definition) is 0. The van der Waals surface area contributed by atoms with Crippen LogP contribution >= 0.6 is 0 Å². The maximum atomic E-state index is 2.52. The lowest BCUT2D eigenvalue weighted by Gasteiger charge is -2.32. The van der Waals surface area contributed by atoms with Crippen molar-refractivity contribution < 1.29 is 4.57 Å². The van der Waals surface area contributed by atoms with Gasteiger partial charge in [0, 0.05) is 16.8 Å². The van der Waals surface area contributed by atoms with Crippen LogP contribution in [0.4, 0.5) is 0 Å². The van der Waals surface area contributed by atoms with Crippen LogP contribution in [-0.4, -0.2) is 8.07 Å². The van der Waals surface area contributed by atoms with Gasteiger partial charge in [0.2, 0.25) is 5.69 Å². The van der Waals surface area contributed by atoms with Gasteiger partial charge in [-0.05, 0) is 30.5 Å². The fourth-order valence-electron chi connectivity index (χ4n) is 4.83. The van der Waals surface area contributed by atoms with Gasteiger partial charge in [-0.1, -0.05) is 55.6 Å². The molecular weight excluding hydrogens is 282 g/mol. The summed E-state index contributed by atoms with van der Waals surface area (Å²) in [6.45, 7) is 2.22. The molecule has 0 amide bonds. The van der Waals surface area contributed by atoms with Crippen LogP contribution in [0.2, 0.25) is 18.1 Å². The summed E-state index contributed by atoms with van der Waals surface area (Å²) in [6, 6.07) is 15.9. The number of benzene rings is 1. The number of rotatable bonds is 1. The second-order valence-electron chi connectivity index (χ2n) is 7.36. The molecule has 2 heteroatoms. The summed E-state index contributed by atoms with van der Waals surface area (Å²) in [7, 11) is 1.11. The van der Waals surface area contributed by atoms with Crippen molar-refractivity contribution in [1.82, 2.24) is 0 Å². The van der Waals surface area contributed by atoms with Gasteiger partial charge in [-0.25, -0.2) is 4.57 Å². The highest BCUT2D eigenvalue weighted by molar-refractivity contribution is 6.92. The summed E-state index contributed by atoms with van der Waals surface area (Å²) in [4.78, 5) is 0. The smallest absolute Gasteiger partial charge is 0.201 e. The van der Waals surface area contributed by atoms with Crippen molar-refractivity contribution in [1.29, 1.82) is 0 Å². The Morgan fingerprint density at radius 3 is 2.50 bits per heavy atom. The fraction of sp³-hybridized carbons (Fsp3) is 0.450. The Kier molecular flexibility index (Phi) is 3.45. The van der Waals surface area contributed by atoms with Gasteiger partial charge >= 0.3 is 0 Å². The van der Waals surface area contributed by atoms with Crippen molar-refractivity contribution in [3.63, 3.8) is 0 Å². The van der Waals surface area contributed by atoms with E-state index in [1.807, 2.05) is 0 Å². The van der Waals surface area contributed by atoms with Gasteiger partial charge in [0.25, 0.3) is 0 Å². The molecule has 2 aromatic rings. The molecule has 1 aromatic carbocycles. The van der Waals surface area contributed by atoms with E-state index in [9.17, 15) is 0 Å². The van der Waals surface area contributed by atoms with Crippen molar-refractivity contribution in [2.45, 2.75) is 50.7 Å². The van der Waals surface area contributed by atoms with E-state index in [0.29, 0.717) is 0 Å². The molecule has 22 heavy (non-hydrogen) atoms. The summed E-state index contributed by atoms with van der Waals surface area (Å²) in [5.41, 5.74) is 5.83. The van der Waals surface area contributed by atoms with E-state index in [1.54, 1.807) is 28.9 Å². The van der Waals surface area contributed by atoms with Crippen molar-refractivity contribution >= 4 is 13.3 Å². The minimum Gasteiger partial charge on any atom is -0.201 e. The average molecular weight is 309 g/mol. The molecule has 2 aliphatic heterocycles. The normalized spacial score (nSPS) is 19.4. The Hall–Kier alpha value is -1.41. The Bertz CT molecular complexity index is 714. The minimum absolute atomic E-state index is 1.13. The first-order valence-corrected chi connectivity index (χ1v) is 11.4. The van der Waals surface area contributed by atoms with Gasteiger partial charge < -0.3 is 0 Å². The predicted octanol–water partition coefficient (Wildman–Crippen LogP) is 3.88. The van der Waals surface area contributed by atoms with Crippen LogP contribution in [0, 0.1) is 6.92 Å². The Labute approximate surface area is 135 Å². The average Bonchev–Trinajstić information content (AvgIpc) is 2.98. The van der Waals surface area contributed by atoms with Crippen LogP contribution in [0.5, 0.6) is 0 Å². The third-order valence-corrected chi connectivity index (χ3v) is 11.5. The summed E-state index contributed by atoms with van der Waals surface area (Å²) in [5.74, 6) is 0. The van der Waals surface area contributed by atoms with Gasteiger partial charge in [-0.2, -0.15) is 0 Å². The fourth-order valence-corrected chi connectivity index (χ4v) is 10.4. The molecule has 2 aliphatic rings. The first kappa shape index (κ1) is 14.2. The number of pyridine rings is 1. The molecule has 1 aromatic heterocycles. The SMILES string of the molecule is Cc1ccccc1-c1cc2c(c[n+]1C)[Si]1(CCCC1)CCC2. The highest BCUT2D eigenvalue weighted by Gasteiger charge is 2.43. The van der Waals surface area contributed by atoms with Crippen LogP contribution in [0.3, 0.4) is 0 Å².